The molecule has 0 saturated carbocycles. The minimum absolute atomic E-state index is 0.0470. The van der Waals surface area contributed by atoms with E-state index in [0.29, 0.717) is 36.8 Å². The van der Waals surface area contributed by atoms with Crippen molar-refractivity contribution in [3.05, 3.63) is 0 Å². The molecule has 1 saturated heterocycles. The topological polar surface area (TPSA) is 97.4 Å². The number of carbonyl (C=O) groups is 3. The third-order valence-corrected chi connectivity index (χ3v) is 5.06. The van der Waals surface area contributed by atoms with Gasteiger partial charge in [-0.05, 0) is 25.2 Å². The summed E-state index contributed by atoms with van der Waals surface area (Å²) in [5.74, 6) is 1.25. The summed E-state index contributed by atoms with van der Waals surface area (Å²) in [6.07, 6.45) is 3.82. The molecule has 33 heavy (non-hydrogen) atoms. The number of hydrogen-bond acceptors (Lipinski definition) is 8. The molecule has 188 valence electrons. The van der Waals surface area contributed by atoms with Crippen LogP contribution in [0.5, 0.6) is 0 Å². The van der Waals surface area contributed by atoms with Gasteiger partial charge in [-0.2, -0.15) is 0 Å². The van der Waals surface area contributed by atoms with E-state index in [1.807, 2.05) is 34.9 Å². The zero-order chi connectivity index (χ0) is 24.9. The molecule has 0 aliphatic carbocycles. The first-order valence-electron chi connectivity index (χ1n) is 11.7. The lowest BCUT2D eigenvalue weighted by Crippen LogP contribution is -2.58. The van der Waals surface area contributed by atoms with Crippen molar-refractivity contribution >= 4 is 17.9 Å². The maximum Gasteiger partial charge on any atom is 0.306 e. The third-order valence-electron chi connectivity index (χ3n) is 5.06. The van der Waals surface area contributed by atoms with Crippen molar-refractivity contribution in [1.82, 2.24) is 0 Å². The van der Waals surface area contributed by atoms with Gasteiger partial charge in [0.1, 0.15) is 13.1 Å². The van der Waals surface area contributed by atoms with E-state index in [9.17, 15) is 14.4 Å². The van der Waals surface area contributed by atoms with E-state index in [1.165, 1.54) is 0 Å². The summed E-state index contributed by atoms with van der Waals surface area (Å²) in [5, 5.41) is 0. The second-order valence-electron chi connectivity index (χ2n) is 8.78. The summed E-state index contributed by atoms with van der Waals surface area (Å²) in [5.41, 5.74) is 0. The van der Waals surface area contributed by atoms with E-state index in [4.69, 9.17) is 30.1 Å². The van der Waals surface area contributed by atoms with Crippen LogP contribution in [0.3, 0.4) is 0 Å². The lowest BCUT2D eigenvalue weighted by molar-refractivity contribution is -0.883. The molecule has 0 aromatic carbocycles. The molecular formula is C24H40NO8+. The van der Waals surface area contributed by atoms with E-state index in [2.05, 4.69) is 5.92 Å². The molecule has 0 radical (unpaired) electrons. The molecule has 1 fully saturated rings. The molecule has 1 heterocycles. The summed E-state index contributed by atoms with van der Waals surface area (Å²) in [6.45, 7) is 6.91. The zero-order valence-electron chi connectivity index (χ0n) is 20.7. The number of quaternary nitrogens is 1. The van der Waals surface area contributed by atoms with Crippen molar-refractivity contribution in [2.24, 2.45) is 0 Å². The summed E-state index contributed by atoms with van der Waals surface area (Å²) < 4.78 is 29.1. The molecule has 1 aliphatic rings. The van der Waals surface area contributed by atoms with Crippen molar-refractivity contribution in [3.63, 3.8) is 0 Å². The smallest absolute Gasteiger partial charge is 0.306 e. The molecular weight excluding hydrogens is 430 g/mol. The van der Waals surface area contributed by atoms with Crippen molar-refractivity contribution in [2.45, 2.75) is 83.9 Å². The van der Waals surface area contributed by atoms with Crippen molar-refractivity contribution < 1.29 is 42.6 Å². The van der Waals surface area contributed by atoms with Crippen molar-refractivity contribution in [3.8, 4) is 12.3 Å². The highest BCUT2D eigenvalue weighted by molar-refractivity contribution is 5.71. The van der Waals surface area contributed by atoms with Crippen LogP contribution in [-0.4, -0.2) is 87.4 Å². The Morgan fingerprint density at radius 2 is 1.42 bits per heavy atom. The van der Waals surface area contributed by atoms with E-state index in [-0.39, 0.29) is 32.5 Å². The highest BCUT2D eigenvalue weighted by Gasteiger charge is 2.48. The van der Waals surface area contributed by atoms with Crippen LogP contribution in [0.4, 0.5) is 0 Å². The molecule has 1 aliphatic heterocycles. The van der Waals surface area contributed by atoms with E-state index in [1.54, 1.807) is 0 Å². The molecule has 0 amide bonds. The average molecular weight is 471 g/mol. The van der Waals surface area contributed by atoms with E-state index in [0.717, 1.165) is 0 Å². The van der Waals surface area contributed by atoms with Crippen molar-refractivity contribution in [2.75, 3.05) is 40.4 Å². The standard InChI is InChI=1S/C24H40NO8/c1-7-11-19(26)31-18-17-30-24(29-16-15-25(5,6)14-10-4)23(33-21(28)13-9-3)22(18)32-20(27)12-8-2/h4,18,22-24H,7-9,11-17H2,1-3,5-6H3/q+1/t18-,22-,23+,24+/m0/s1. The van der Waals surface area contributed by atoms with Crippen LogP contribution in [-0.2, 0) is 38.1 Å². The van der Waals surface area contributed by atoms with Gasteiger partial charge in [0.15, 0.2) is 24.6 Å². The Labute approximate surface area is 197 Å². The normalized spacial score (nSPS) is 22.8. The van der Waals surface area contributed by atoms with Gasteiger partial charge in [0.2, 0.25) is 0 Å². The molecule has 4 atom stereocenters. The summed E-state index contributed by atoms with van der Waals surface area (Å²) in [6, 6.07) is 0. The van der Waals surface area contributed by atoms with Crippen LogP contribution in [0, 0.1) is 12.3 Å². The van der Waals surface area contributed by atoms with Crippen LogP contribution in [0.2, 0.25) is 0 Å². The highest BCUT2D eigenvalue weighted by Crippen LogP contribution is 2.26. The Hall–Kier alpha value is -2.15. The number of nitrogens with zero attached hydrogens (tertiary/aromatic N) is 1. The molecule has 0 bridgehead atoms. The molecule has 0 unspecified atom stereocenters. The summed E-state index contributed by atoms with van der Waals surface area (Å²) in [4.78, 5) is 36.8. The Morgan fingerprint density at radius 3 is 1.94 bits per heavy atom. The van der Waals surface area contributed by atoms with Crippen LogP contribution >= 0.6 is 0 Å². The number of ether oxygens (including phenoxy) is 5. The van der Waals surface area contributed by atoms with E-state index < -0.39 is 42.5 Å². The fourth-order valence-electron chi connectivity index (χ4n) is 3.26. The van der Waals surface area contributed by atoms with Gasteiger partial charge in [0.05, 0.1) is 27.3 Å². The average Bonchev–Trinajstić information content (AvgIpc) is 2.72. The van der Waals surface area contributed by atoms with Crippen LogP contribution < -0.4 is 0 Å². The number of esters is 3. The van der Waals surface area contributed by atoms with Gasteiger partial charge in [-0.3, -0.25) is 14.4 Å². The van der Waals surface area contributed by atoms with Crippen LogP contribution in [0.25, 0.3) is 0 Å². The molecule has 0 aromatic rings. The van der Waals surface area contributed by atoms with Gasteiger partial charge in [0, 0.05) is 19.3 Å². The maximum atomic E-state index is 12.4. The van der Waals surface area contributed by atoms with Gasteiger partial charge >= 0.3 is 17.9 Å². The van der Waals surface area contributed by atoms with Gasteiger partial charge in [-0.1, -0.05) is 20.8 Å². The Morgan fingerprint density at radius 1 is 0.909 bits per heavy atom. The largest absolute Gasteiger partial charge is 0.456 e. The first-order valence-corrected chi connectivity index (χ1v) is 11.7. The van der Waals surface area contributed by atoms with Crippen molar-refractivity contribution in [1.29, 1.82) is 0 Å². The fraction of sp³-hybridized carbons (Fsp3) is 0.792. The van der Waals surface area contributed by atoms with Gasteiger partial charge < -0.3 is 28.2 Å². The molecule has 0 N–H and O–H groups in total. The van der Waals surface area contributed by atoms with Gasteiger partial charge in [-0.25, -0.2) is 0 Å². The Bertz CT molecular complexity index is 672. The third kappa shape index (κ3) is 10.5. The predicted octanol–water partition coefficient (Wildman–Crippen LogP) is 2.20. The summed E-state index contributed by atoms with van der Waals surface area (Å²) >= 11 is 0. The monoisotopic (exact) mass is 470 g/mol. The van der Waals surface area contributed by atoms with E-state index >= 15 is 0 Å². The summed E-state index contributed by atoms with van der Waals surface area (Å²) in [7, 11) is 3.95. The zero-order valence-corrected chi connectivity index (χ0v) is 20.7. The molecule has 9 nitrogen and oxygen atoms in total. The number of terminal acetylenes is 1. The second-order valence-corrected chi connectivity index (χ2v) is 8.78. The predicted molar refractivity (Wildman–Crippen MR) is 121 cm³/mol. The van der Waals surface area contributed by atoms with Gasteiger partial charge in [0.25, 0.3) is 0 Å². The lowest BCUT2D eigenvalue weighted by Gasteiger charge is -2.40. The second kappa shape index (κ2) is 14.9. The number of rotatable bonds is 14. The maximum absolute atomic E-state index is 12.4. The number of likely N-dealkylation sites (N-methyl/N-ethyl adjacent to an activating group) is 1. The molecule has 0 spiro atoms. The van der Waals surface area contributed by atoms with Crippen LogP contribution in [0.15, 0.2) is 0 Å². The lowest BCUT2D eigenvalue weighted by atomic mass is 10.0. The minimum Gasteiger partial charge on any atom is -0.456 e. The minimum atomic E-state index is -1.07. The van der Waals surface area contributed by atoms with Gasteiger partial charge in [-0.15, -0.1) is 6.42 Å². The number of carbonyl (C=O) groups excluding carboxylic acids is 3. The van der Waals surface area contributed by atoms with Crippen LogP contribution in [0.1, 0.15) is 59.3 Å². The number of hydrogen-bond donors (Lipinski definition) is 0. The SMILES string of the molecule is C#CC[N+](C)(C)CCO[C@@H]1OC[C@H](OC(=O)CCC)[C@H](OC(=O)CCC)[C@H]1OC(=O)CCC. The highest BCUT2D eigenvalue weighted by atomic mass is 16.7. The first-order chi connectivity index (χ1) is 15.7. The Kier molecular flexibility index (Phi) is 13.0. The molecule has 9 heteroatoms. The fourth-order valence-corrected chi connectivity index (χ4v) is 3.26. The molecule has 0 aromatic heterocycles. The first kappa shape index (κ1) is 28.9. The Balaban J connectivity index is 3.07. The molecule has 1 rings (SSSR count). The quantitative estimate of drug-likeness (QED) is 0.165.